The van der Waals surface area contributed by atoms with Crippen LogP contribution in [0.3, 0.4) is 0 Å². The van der Waals surface area contributed by atoms with Gasteiger partial charge >= 0.3 is 0 Å². The standard InChI is InChI=1S/C17H21N3/c1-12-15(13-6-4-3-5-7-13)19-20-14(17(2)9-10-17)8-11-18-16(12)20/h3-7,14,18H,8-11H2,1-2H3. The molecular formula is C17H21N3. The second-order valence-corrected chi connectivity index (χ2v) is 6.52. The van der Waals surface area contributed by atoms with Crippen LogP contribution in [0.1, 0.15) is 37.8 Å². The third kappa shape index (κ3) is 1.69. The Kier molecular flexibility index (Phi) is 2.47. The van der Waals surface area contributed by atoms with Gasteiger partial charge in [-0.05, 0) is 31.6 Å². The molecule has 1 aromatic heterocycles. The van der Waals surface area contributed by atoms with Crippen molar-refractivity contribution in [2.45, 2.75) is 39.2 Å². The van der Waals surface area contributed by atoms with Gasteiger partial charge in [0, 0.05) is 17.7 Å². The first-order chi connectivity index (χ1) is 9.69. The molecule has 1 atom stereocenters. The van der Waals surface area contributed by atoms with Crippen molar-refractivity contribution in [1.82, 2.24) is 9.78 Å². The molecule has 20 heavy (non-hydrogen) atoms. The van der Waals surface area contributed by atoms with Gasteiger partial charge in [0.25, 0.3) is 0 Å². The molecule has 1 aromatic carbocycles. The second kappa shape index (κ2) is 4.11. The first-order valence-electron chi connectivity index (χ1n) is 7.57. The zero-order valence-corrected chi connectivity index (χ0v) is 12.2. The minimum Gasteiger partial charge on any atom is -0.370 e. The fourth-order valence-electron chi connectivity index (χ4n) is 3.45. The van der Waals surface area contributed by atoms with Crippen LogP contribution < -0.4 is 5.32 Å². The molecule has 2 aromatic rings. The fraction of sp³-hybridized carbons (Fsp3) is 0.471. The summed E-state index contributed by atoms with van der Waals surface area (Å²) in [6, 6.07) is 11.1. The van der Waals surface area contributed by atoms with Crippen molar-refractivity contribution in [3.05, 3.63) is 35.9 Å². The first-order valence-corrected chi connectivity index (χ1v) is 7.57. The lowest BCUT2D eigenvalue weighted by Gasteiger charge is -2.30. The van der Waals surface area contributed by atoms with Crippen molar-refractivity contribution in [1.29, 1.82) is 0 Å². The van der Waals surface area contributed by atoms with Gasteiger partial charge in [-0.3, -0.25) is 0 Å². The van der Waals surface area contributed by atoms with E-state index in [1.54, 1.807) is 0 Å². The highest BCUT2D eigenvalue weighted by atomic mass is 15.4. The van der Waals surface area contributed by atoms with Gasteiger partial charge in [-0.1, -0.05) is 37.3 Å². The number of hydrogen-bond acceptors (Lipinski definition) is 2. The predicted molar refractivity (Wildman–Crippen MR) is 81.9 cm³/mol. The minimum atomic E-state index is 0.475. The van der Waals surface area contributed by atoms with E-state index in [0.717, 1.165) is 12.2 Å². The largest absolute Gasteiger partial charge is 0.370 e. The molecule has 0 amide bonds. The summed E-state index contributed by atoms with van der Waals surface area (Å²) in [6.07, 6.45) is 3.88. The smallest absolute Gasteiger partial charge is 0.128 e. The highest BCUT2D eigenvalue weighted by Gasteiger charge is 2.47. The number of nitrogens with zero attached hydrogens (tertiary/aromatic N) is 2. The topological polar surface area (TPSA) is 29.9 Å². The molecule has 0 radical (unpaired) electrons. The molecule has 4 rings (SSSR count). The Morgan fingerprint density at radius 3 is 2.70 bits per heavy atom. The maximum absolute atomic E-state index is 4.96. The van der Waals surface area contributed by atoms with Crippen LogP contribution in [-0.4, -0.2) is 16.3 Å². The van der Waals surface area contributed by atoms with Gasteiger partial charge < -0.3 is 5.32 Å². The molecule has 1 saturated carbocycles. The quantitative estimate of drug-likeness (QED) is 0.890. The van der Waals surface area contributed by atoms with Gasteiger partial charge in [-0.15, -0.1) is 0 Å². The molecule has 104 valence electrons. The Balaban J connectivity index is 1.83. The van der Waals surface area contributed by atoms with Gasteiger partial charge in [0.1, 0.15) is 5.82 Å². The van der Waals surface area contributed by atoms with Crippen LogP contribution in [0.25, 0.3) is 11.3 Å². The zero-order chi connectivity index (χ0) is 13.7. The van der Waals surface area contributed by atoms with Crippen molar-refractivity contribution in [2.24, 2.45) is 5.41 Å². The Labute approximate surface area is 120 Å². The van der Waals surface area contributed by atoms with Crippen LogP contribution in [0, 0.1) is 12.3 Å². The van der Waals surface area contributed by atoms with Crippen molar-refractivity contribution in [2.75, 3.05) is 11.9 Å². The molecule has 3 nitrogen and oxygen atoms in total. The number of aromatic nitrogens is 2. The van der Waals surface area contributed by atoms with Gasteiger partial charge in [0.2, 0.25) is 0 Å². The van der Waals surface area contributed by atoms with Gasteiger partial charge in [-0.25, -0.2) is 4.68 Å². The normalized spacial score (nSPS) is 23.0. The number of benzene rings is 1. The third-order valence-electron chi connectivity index (χ3n) is 5.04. The maximum atomic E-state index is 4.96. The molecule has 1 aliphatic carbocycles. The number of fused-ring (bicyclic) bond motifs is 1. The van der Waals surface area contributed by atoms with E-state index in [0.29, 0.717) is 11.5 Å². The van der Waals surface area contributed by atoms with Gasteiger partial charge in [0.15, 0.2) is 0 Å². The first kappa shape index (κ1) is 12.0. The van der Waals surface area contributed by atoms with E-state index < -0.39 is 0 Å². The molecule has 0 spiro atoms. The Bertz CT molecular complexity index is 638. The summed E-state index contributed by atoms with van der Waals surface area (Å²) in [5.41, 5.74) is 4.10. The summed E-state index contributed by atoms with van der Waals surface area (Å²) in [7, 11) is 0. The average molecular weight is 267 g/mol. The summed E-state index contributed by atoms with van der Waals surface area (Å²) in [4.78, 5) is 0. The van der Waals surface area contributed by atoms with Crippen molar-refractivity contribution >= 4 is 5.82 Å². The fourth-order valence-corrected chi connectivity index (χ4v) is 3.45. The van der Waals surface area contributed by atoms with Crippen LogP contribution in [0.5, 0.6) is 0 Å². The summed E-state index contributed by atoms with van der Waals surface area (Å²) in [5.74, 6) is 1.23. The predicted octanol–water partition coefficient (Wildman–Crippen LogP) is 4.02. The highest BCUT2D eigenvalue weighted by molar-refractivity contribution is 5.69. The van der Waals surface area contributed by atoms with E-state index in [1.165, 1.54) is 36.2 Å². The highest BCUT2D eigenvalue weighted by Crippen LogP contribution is 2.56. The van der Waals surface area contributed by atoms with E-state index in [2.05, 4.69) is 54.2 Å². The van der Waals surface area contributed by atoms with Crippen LogP contribution in [-0.2, 0) is 0 Å². The summed E-state index contributed by atoms with van der Waals surface area (Å²) >= 11 is 0. The average Bonchev–Trinajstić information content (AvgIpc) is 3.14. The van der Waals surface area contributed by atoms with Crippen LogP contribution >= 0.6 is 0 Å². The number of hydrogen-bond donors (Lipinski definition) is 1. The zero-order valence-electron chi connectivity index (χ0n) is 12.2. The molecular weight excluding hydrogens is 246 g/mol. The Morgan fingerprint density at radius 2 is 2.00 bits per heavy atom. The Hall–Kier alpha value is -1.77. The van der Waals surface area contributed by atoms with E-state index >= 15 is 0 Å². The molecule has 0 bridgehead atoms. The van der Waals surface area contributed by atoms with Crippen molar-refractivity contribution < 1.29 is 0 Å². The molecule has 2 aliphatic rings. The lowest BCUT2D eigenvalue weighted by atomic mass is 9.94. The number of nitrogens with one attached hydrogen (secondary N) is 1. The molecule has 1 unspecified atom stereocenters. The lowest BCUT2D eigenvalue weighted by Crippen LogP contribution is -2.29. The maximum Gasteiger partial charge on any atom is 0.128 e. The third-order valence-corrected chi connectivity index (χ3v) is 5.04. The molecule has 3 heteroatoms. The summed E-state index contributed by atoms with van der Waals surface area (Å²) in [5, 5.41) is 8.51. The lowest BCUT2D eigenvalue weighted by molar-refractivity contribution is 0.285. The molecule has 2 heterocycles. The van der Waals surface area contributed by atoms with Crippen LogP contribution in [0.15, 0.2) is 30.3 Å². The molecule has 1 fully saturated rings. The van der Waals surface area contributed by atoms with E-state index in [9.17, 15) is 0 Å². The number of anilines is 1. The van der Waals surface area contributed by atoms with E-state index in [-0.39, 0.29) is 0 Å². The van der Waals surface area contributed by atoms with E-state index in [1.807, 2.05) is 0 Å². The molecule has 1 N–H and O–H groups in total. The van der Waals surface area contributed by atoms with Crippen molar-refractivity contribution in [3.63, 3.8) is 0 Å². The summed E-state index contributed by atoms with van der Waals surface area (Å²) < 4.78 is 2.27. The Morgan fingerprint density at radius 1 is 1.25 bits per heavy atom. The van der Waals surface area contributed by atoms with E-state index in [4.69, 9.17) is 5.10 Å². The number of rotatable bonds is 2. The monoisotopic (exact) mass is 267 g/mol. The second-order valence-electron chi connectivity index (χ2n) is 6.52. The molecule has 1 aliphatic heterocycles. The molecule has 0 saturated heterocycles. The summed E-state index contributed by atoms with van der Waals surface area (Å²) in [6.45, 7) is 5.67. The van der Waals surface area contributed by atoms with Crippen LogP contribution in [0.2, 0.25) is 0 Å². The SMILES string of the molecule is Cc1c(-c2ccccc2)nn2c1NCCC2C1(C)CC1. The van der Waals surface area contributed by atoms with Crippen LogP contribution in [0.4, 0.5) is 5.82 Å². The minimum absolute atomic E-state index is 0.475. The van der Waals surface area contributed by atoms with Crippen molar-refractivity contribution in [3.8, 4) is 11.3 Å². The van der Waals surface area contributed by atoms with Gasteiger partial charge in [-0.2, -0.15) is 5.10 Å². The van der Waals surface area contributed by atoms with Gasteiger partial charge in [0.05, 0.1) is 11.7 Å².